The molecule has 8 heteroatoms. The Kier molecular flexibility index (Phi) is 9.06. The number of anilines is 1. The molecule has 0 aliphatic heterocycles. The number of rotatable bonds is 10. The number of benzene rings is 2. The molecule has 0 radical (unpaired) electrons. The summed E-state index contributed by atoms with van der Waals surface area (Å²) >= 11 is 1.66. The van der Waals surface area contributed by atoms with Gasteiger partial charge in [0.15, 0.2) is 5.13 Å². The highest BCUT2D eigenvalue weighted by molar-refractivity contribution is 7.89. The van der Waals surface area contributed by atoms with Gasteiger partial charge < -0.3 is 5.73 Å². The first kappa shape index (κ1) is 28.3. The van der Waals surface area contributed by atoms with Gasteiger partial charge in [-0.25, -0.2) is 18.1 Å². The van der Waals surface area contributed by atoms with Gasteiger partial charge in [0.1, 0.15) is 0 Å². The number of thiazole rings is 1. The van der Waals surface area contributed by atoms with Gasteiger partial charge in [-0.15, -0.1) is 11.3 Å². The van der Waals surface area contributed by atoms with E-state index >= 15 is 0 Å². The number of nitrogens with one attached hydrogen (secondary N) is 1. The standard InChI is InChI=1S/C31H42N4O2S2/c1-3-19-35(27-14-17-30-29(21-27)33-31(32)38-30)20-18-23-6-12-26(13-7-23)34-39(36,37)28-15-10-25(11-16-28)24-8-4-22(2)5-9-24/h4-5,8-11,15-16,23,26-27,34H,3,6-7,12-14,17-21H2,1-2H3,(H2,32,33). The predicted molar refractivity (Wildman–Crippen MR) is 162 cm³/mol. The van der Waals surface area contributed by atoms with Crippen LogP contribution in [0.3, 0.4) is 0 Å². The van der Waals surface area contributed by atoms with E-state index in [1.165, 1.54) is 29.0 Å². The first-order valence-electron chi connectivity index (χ1n) is 14.5. The molecule has 1 saturated carbocycles. The molecule has 5 rings (SSSR count). The molecule has 2 aliphatic carbocycles. The minimum atomic E-state index is -3.53. The Balaban J connectivity index is 1.10. The average molecular weight is 567 g/mol. The number of aromatic nitrogens is 1. The van der Waals surface area contributed by atoms with Crippen LogP contribution in [0.25, 0.3) is 11.1 Å². The molecule has 1 atom stereocenters. The van der Waals surface area contributed by atoms with Crippen LogP contribution in [0.15, 0.2) is 53.4 Å². The Labute approximate surface area is 238 Å². The molecular weight excluding hydrogens is 525 g/mol. The second-order valence-electron chi connectivity index (χ2n) is 11.4. The zero-order chi connectivity index (χ0) is 27.4. The third-order valence-corrected chi connectivity index (χ3v) is 11.0. The number of hydrogen-bond donors (Lipinski definition) is 2. The quantitative estimate of drug-likeness (QED) is 0.305. The number of fused-ring (bicyclic) bond motifs is 1. The maximum atomic E-state index is 13.1. The summed E-state index contributed by atoms with van der Waals surface area (Å²) in [5.74, 6) is 0.660. The highest BCUT2D eigenvalue weighted by Crippen LogP contribution is 2.32. The highest BCUT2D eigenvalue weighted by atomic mass is 32.2. The molecule has 1 aromatic heterocycles. The van der Waals surface area contributed by atoms with E-state index in [1.54, 1.807) is 23.5 Å². The lowest BCUT2D eigenvalue weighted by Gasteiger charge is -2.36. The number of hydrogen-bond acceptors (Lipinski definition) is 6. The van der Waals surface area contributed by atoms with E-state index in [9.17, 15) is 8.42 Å². The summed E-state index contributed by atoms with van der Waals surface area (Å²) in [6.07, 6.45) is 9.61. The second-order valence-corrected chi connectivity index (χ2v) is 14.2. The second kappa shape index (κ2) is 12.5. The largest absolute Gasteiger partial charge is 0.375 e. The molecule has 6 nitrogen and oxygen atoms in total. The van der Waals surface area contributed by atoms with Crippen molar-refractivity contribution in [3.8, 4) is 11.1 Å². The summed E-state index contributed by atoms with van der Waals surface area (Å²) in [5, 5.41) is 0.703. The van der Waals surface area contributed by atoms with Crippen LogP contribution in [0, 0.1) is 12.8 Å². The SMILES string of the molecule is CCCN(CCC1CCC(NS(=O)(=O)c2ccc(-c3ccc(C)cc3)cc2)CC1)C1CCc2sc(N)nc2C1. The van der Waals surface area contributed by atoms with Gasteiger partial charge in [0, 0.05) is 23.4 Å². The zero-order valence-electron chi connectivity index (χ0n) is 23.2. The first-order chi connectivity index (χ1) is 18.8. The molecule has 39 heavy (non-hydrogen) atoms. The molecule has 0 amide bonds. The average Bonchev–Trinajstić information content (AvgIpc) is 3.31. The Morgan fingerprint density at radius 3 is 2.31 bits per heavy atom. The molecule has 1 unspecified atom stereocenters. The van der Waals surface area contributed by atoms with Gasteiger partial charge in [0.05, 0.1) is 10.6 Å². The van der Waals surface area contributed by atoms with Crippen LogP contribution < -0.4 is 10.5 Å². The van der Waals surface area contributed by atoms with Crippen LogP contribution >= 0.6 is 11.3 Å². The molecule has 3 aromatic rings. The molecule has 1 heterocycles. The number of aryl methyl sites for hydroxylation is 2. The normalized spacial score (nSPS) is 21.7. The van der Waals surface area contributed by atoms with E-state index in [4.69, 9.17) is 5.73 Å². The molecule has 0 spiro atoms. The van der Waals surface area contributed by atoms with Crippen molar-refractivity contribution in [3.63, 3.8) is 0 Å². The summed E-state index contributed by atoms with van der Waals surface area (Å²) in [6.45, 7) is 6.56. The van der Waals surface area contributed by atoms with Crippen molar-refractivity contribution >= 4 is 26.5 Å². The summed E-state index contributed by atoms with van der Waals surface area (Å²) in [4.78, 5) is 8.98. The van der Waals surface area contributed by atoms with Gasteiger partial charge in [-0.05, 0) is 101 Å². The molecular formula is C31H42N4O2S2. The van der Waals surface area contributed by atoms with Crippen molar-refractivity contribution < 1.29 is 8.42 Å². The molecule has 1 fully saturated rings. The van der Waals surface area contributed by atoms with Crippen LogP contribution in [0.4, 0.5) is 5.13 Å². The number of nitrogens with two attached hydrogens (primary N) is 1. The van der Waals surface area contributed by atoms with Gasteiger partial charge in [0.2, 0.25) is 10.0 Å². The molecule has 2 aliphatic rings. The van der Waals surface area contributed by atoms with Gasteiger partial charge >= 0.3 is 0 Å². The van der Waals surface area contributed by atoms with Gasteiger partial charge in [-0.2, -0.15) is 0 Å². The van der Waals surface area contributed by atoms with Gasteiger partial charge in [-0.3, -0.25) is 4.90 Å². The first-order valence-corrected chi connectivity index (χ1v) is 16.8. The summed E-state index contributed by atoms with van der Waals surface area (Å²) in [5.41, 5.74) is 10.5. The Bertz CT molecular complexity index is 1330. The van der Waals surface area contributed by atoms with E-state index in [0.29, 0.717) is 22.0 Å². The van der Waals surface area contributed by atoms with Gasteiger partial charge in [-0.1, -0.05) is 48.9 Å². The fourth-order valence-corrected chi connectivity index (χ4v) is 8.41. The van der Waals surface area contributed by atoms with Crippen molar-refractivity contribution in [1.82, 2.24) is 14.6 Å². The fraction of sp³-hybridized carbons (Fsp3) is 0.516. The Hall–Kier alpha value is -2.26. The van der Waals surface area contributed by atoms with Crippen LogP contribution in [-0.2, 0) is 22.9 Å². The van der Waals surface area contributed by atoms with E-state index < -0.39 is 10.0 Å². The predicted octanol–water partition coefficient (Wildman–Crippen LogP) is 6.20. The third-order valence-electron chi connectivity index (χ3n) is 8.50. The van der Waals surface area contributed by atoms with Crippen molar-refractivity contribution in [1.29, 1.82) is 0 Å². The molecule has 0 bridgehead atoms. The molecule has 210 valence electrons. The lowest BCUT2D eigenvalue weighted by molar-refractivity contribution is 0.158. The van der Waals surface area contributed by atoms with Crippen molar-refractivity contribution in [3.05, 3.63) is 64.7 Å². The lowest BCUT2D eigenvalue weighted by Crippen LogP contribution is -2.41. The lowest BCUT2D eigenvalue weighted by atomic mass is 9.84. The van der Waals surface area contributed by atoms with E-state index in [-0.39, 0.29) is 6.04 Å². The topological polar surface area (TPSA) is 88.3 Å². The molecule has 3 N–H and O–H groups in total. The van der Waals surface area contributed by atoms with Crippen molar-refractivity contribution in [2.45, 2.75) is 88.6 Å². The maximum Gasteiger partial charge on any atom is 0.240 e. The maximum absolute atomic E-state index is 13.1. The van der Waals surface area contributed by atoms with Crippen LogP contribution in [0.5, 0.6) is 0 Å². The van der Waals surface area contributed by atoms with Crippen LogP contribution in [-0.4, -0.2) is 43.5 Å². The minimum absolute atomic E-state index is 0.0154. The summed E-state index contributed by atoms with van der Waals surface area (Å²) in [6, 6.07) is 16.1. The third kappa shape index (κ3) is 7.09. The summed E-state index contributed by atoms with van der Waals surface area (Å²) < 4.78 is 29.2. The van der Waals surface area contributed by atoms with E-state index in [2.05, 4.69) is 52.7 Å². The molecule has 2 aromatic carbocycles. The summed E-state index contributed by atoms with van der Waals surface area (Å²) in [7, 11) is -3.53. The minimum Gasteiger partial charge on any atom is -0.375 e. The van der Waals surface area contributed by atoms with E-state index in [1.807, 2.05) is 12.1 Å². The fourth-order valence-electron chi connectivity index (χ4n) is 6.23. The van der Waals surface area contributed by atoms with Gasteiger partial charge in [0.25, 0.3) is 0 Å². The van der Waals surface area contributed by atoms with Crippen molar-refractivity contribution in [2.75, 3.05) is 18.8 Å². The Morgan fingerprint density at radius 2 is 1.64 bits per heavy atom. The van der Waals surface area contributed by atoms with E-state index in [0.717, 1.165) is 69.2 Å². The number of nitrogen functional groups attached to an aromatic ring is 1. The smallest absolute Gasteiger partial charge is 0.240 e. The molecule has 0 saturated heterocycles. The van der Waals surface area contributed by atoms with Crippen LogP contribution in [0.1, 0.15) is 68.0 Å². The zero-order valence-corrected chi connectivity index (χ0v) is 24.9. The number of sulfonamides is 1. The number of nitrogens with zero attached hydrogens (tertiary/aromatic N) is 2. The Morgan fingerprint density at radius 1 is 0.974 bits per heavy atom. The van der Waals surface area contributed by atoms with Crippen LogP contribution in [0.2, 0.25) is 0 Å². The van der Waals surface area contributed by atoms with Crippen molar-refractivity contribution in [2.24, 2.45) is 5.92 Å². The monoisotopic (exact) mass is 566 g/mol. The highest BCUT2D eigenvalue weighted by Gasteiger charge is 2.29.